The number of halogens is 1. The van der Waals surface area contributed by atoms with E-state index < -0.39 is 0 Å². The number of benzene rings is 1. The Hall–Kier alpha value is -1.52. The van der Waals surface area contributed by atoms with E-state index >= 15 is 0 Å². The van der Waals surface area contributed by atoms with Gasteiger partial charge in [0.15, 0.2) is 0 Å². The third-order valence-electron chi connectivity index (χ3n) is 6.67. The SMILES string of the molecule is C=C(NC=NC(C)c1ccc(Cl)cc1C)N1CCC(N2CCCCC2)C(CC)C1. The summed E-state index contributed by atoms with van der Waals surface area (Å²) in [6, 6.07) is 6.81. The molecule has 1 aromatic carbocycles. The lowest BCUT2D eigenvalue weighted by Gasteiger charge is -2.46. The van der Waals surface area contributed by atoms with Gasteiger partial charge in [0.25, 0.3) is 0 Å². The van der Waals surface area contributed by atoms with Crippen LogP contribution in [0.5, 0.6) is 0 Å². The Morgan fingerprint density at radius 1 is 1.31 bits per heavy atom. The van der Waals surface area contributed by atoms with Crippen molar-refractivity contribution in [2.24, 2.45) is 10.9 Å². The minimum absolute atomic E-state index is 0.0841. The van der Waals surface area contributed by atoms with E-state index in [1.807, 2.05) is 12.1 Å². The topological polar surface area (TPSA) is 30.9 Å². The number of nitrogens with one attached hydrogen (secondary N) is 1. The Labute approximate surface area is 182 Å². The number of nitrogens with zero attached hydrogens (tertiary/aromatic N) is 3. The van der Waals surface area contributed by atoms with Crippen molar-refractivity contribution in [2.45, 2.75) is 65.0 Å². The van der Waals surface area contributed by atoms with Crippen LogP contribution in [0.2, 0.25) is 5.02 Å². The molecule has 0 radical (unpaired) electrons. The maximum atomic E-state index is 6.07. The third kappa shape index (κ3) is 5.76. The molecule has 0 saturated carbocycles. The van der Waals surface area contributed by atoms with Crippen LogP contribution in [0.15, 0.2) is 35.6 Å². The van der Waals surface area contributed by atoms with Crippen molar-refractivity contribution in [1.29, 1.82) is 0 Å². The molecule has 2 heterocycles. The van der Waals surface area contributed by atoms with Gasteiger partial charge in [-0.2, -0.15) is 0 Å². The van der Waals surface area contributed by atoms with Gasteiger partial charge in [0, 0.05) is 24.2 Å². The number of rotatable bonds is 7. The molecule has 0 aromatic heterocycles. The zero-order valence-electron chi connectivity index (χ0n) is 18.3. The zero-order valence-corrected chi connectivity index (χ0v) is 19.1. The molecule has 1 aromatic rings. The molecule has 29 heavy (non-hydrogen) atoms. The summed E-state index contributed by atoms with van der Waals surface area (Å²) in [7, 11) is 0. The summed E-state index contributed by atoms with van der Waals surface area (Å²) in [5.41, 5.74) is 2.37. The van der Waals surface area contributed by atoms with Crippen molar-refractivity contribution in [2.75, 3.05) is 26.2 Å². The maximum Gasteiger partial charge on any atom is 0.0990 e. The summed E-state index contributed by atoms with van der Waals surface area (Å²) in [6.07, 6.45) is 8.40. The van der Waals surface area contributed by atoms with Crippen LogP contribution in [0, 0.1) is 12.8 Å². The van der Waals surface area contributed by atoms with E-state index in [1.165, 1.54) is 56.3 Å². The smallest absolute Gasteiger partial charge is 0.0990 e. The van der Waals surface area contributed by atoms with Crippen molar-refractivity contribution in [1.82, 2.24) is 15.1 Å². The Morgan fingerprint density at radius 2 is 2.07 bits per heavy atom. The van der Waals surface area contributed by atoms with Crippen LogP contribution < -0.4 is 5.32 Å². The molecule has 2 aliphatic rings. The van der Waals surface area contributed by atoms with Crippen molar-refractivity contribution in [3.8, 4) is 0 Å². The Balaban J connectivity index is 1.52. The molecular weight excluding hydrogens is 380 g/mol. The number of likely N-dealkylation sites (tertiary alicyclic amines) is 2. The lowest BCUT2D eigenvalue weighted by Crippen LogP contribution is -2.52. The van der Waals surface area contributed by atoms with Gasteiger partial charge < -0.3 is 10.2 Å². The highest BCUT2D eigenvalue weighted by Crippen LogP contribution is 2.28. The number of aliphatic imine (C=N–C) groups is 1. The monoisotopic (exact) mass is 416 g/mol. The van der Waals surface area contributed by atoms with Gasteiger partial charge in [-0.3, -0.25) is 9.89 Å². The van der Waals surface area contributed by atoms with E-state index in [4.69, 9.17) is 11.6 Å². The van der Waals surface area contributed by atoms with Gasteiger partial charge in [0.05, 0.1) is 18.2 Å². The molecule has 0 amide bonds. The molecular formula is C24H37ClN4. The maximum absolute atomic E-state index is 6.07. The van der Waals surface area contributed by atoms with E-state index in [-0.39, 0.29) is 6.04 Å². The molecule has 2 saturated heterocycles. The van der Waals surface area contributed by atoms with Gasteiger partial charge in [-0.25, -0.2) is 0 Å². The van der Waals surface area contributed by atoms with Crippen LogP contribution in [0.25, 0.3) is 0 Å². The van der Waals surface area contributed by atoms with Crippen molar-refractivity contribution >= 4 is 17.9 Å². The summed E-state index contributed by atoms with van der Waals surface area (Å²) < 4.78 is 0. The van der Waals surface area contributed by atoms with E-state index in [2.05, 4.69) is 53.5 Å². The van der Waals surface area contributed by atoms with E-state index in [1.54, 1.807) is 6.34 Å². The van der Waals surface area contributed by atoms with Crippen molar-refractivity contribution in [3.05, 3.63) is 46.7 Å². The molecule has 3 rings (SSSR count). The second-order valence-corrected chi connectivity index (χ2v) is 9.05. The molecule has 3 unspecified atom stereocenters. The predicted octanol–water partition coefficient (Wildman–Crippen LogP) is 5.38. The third-order valence-corrected chi connectivity index (χ3v) is 6.91. The molecule has 2 fully saturated rings. The first-order valence-corrected chi connectivity index (χ1v) is 11.6. The van der Waals surface area contributed by atoms with Crippen LogP contribution in [0.1, 0.15) is 63.1 Å². The first-order valence-electron chi connectivity index (χ1n) is 11.2. The average Bonchev–Trinajstić information content (AvgIpc) is 2.73. The number of hydrogen-bond donors (Lipinski definition) is 1. The number of piperidine rings is 2. The molecule has 3 atom stereocenters. The Bertz CT molecular complexity index is 711. The fraction of sp³-hybridized carbons (Fsp3) is 0.625. The van der Waals surface area contributed by atoms with E-state index in [0.29, 0.717) is 5.92 Å². The highest BCUT2D eigenvalue weighted by molar-refractivity contribution is 6.30. The van der Waals surface area contributed by atoms with Crippen LogP contribution in [-0.2, 0) is 0 Å². The lowest BCUT2D eigenvalue weighted by atomic mass is 9.87. The second kappa shape index (κ2) is 10.5. The molecule has 160 valence electrons. The van der Waals surface area contributed by atoms with E-state index in [9.17, 15) is 0 Å². The van der Waals surface area contributed by atoms with Gasteiger partial charge in [-0.15, -0.1) is 0 Å². The Kier molecular flexibility index (Phi) is 8.02. The molecule has 0 spiro atoms. The van der Waals surface area contributed by atoms with Crippen molar-refractivity contribution < 1.29 is 0 Å². The second-order valence-electron chi connectivity index (χ2n) is 8.61. The highest BCUT2D eigenvalue weighted by atomic mass is 35.5. The molecule has 0 aliphatic carbocycles. The lowest BCUT2D eigenvalue weighted by molar-refractivity contribution is 0.0537. The zero-order chi connectivity index (χ0) is 20.8. The van der Waals surface area contributed by atoms with Crippen LogP contribution >= 0.6 is 11.6 Å². The number of aryl methyl sites for hydroxylation is 1. The molecule has 1 N–H and O–H groups in total. The van der Waals surface area contributed by atoms with Crippen LogP contribution in [0.3, 0.4) is 0 Å². The summed E-state index contributed by atoms with van der Waals surface area (Å²) in [6.45, 7) is 15.5. The average molecular weight is 417 g/mol. The van der Waals surface area contributed by atoms with Gasteiger partial charge in [-0.1, -0.05) is 44.0 Å². The largest absolute Gasteiger partial charge is 0.358 e. The molecule has 4 nitrogen and oxygen atoms in total. The Morgan fingerprint density at radius 3 is 2.76 bits per heavy atom. The standard InChI is InChI=1S/C24H37ClN4/c1-5-21-16-29(14-11-24(21)28-12-7-6-8-13-28)20(4)27-17-26-19(3)23-10-9-22(25)15-18(23)2/h9-10,15,17,19,21,24H,4-8,11-14,16H2,1-3H3,(H,26,27). The first kappa shape index (κ1) is 22.2. The van der Waals surface area contributed by atoms with E-state index in [0.717, 1.165) is 30.0 Å². The predicted molar refractivity (Wildman–Crippen MR) is 125 cm³/mol. The summed E-state index contributed by atoms with van der Waals surface area (Å²) in [5.74, 6) is 1.68. The fourth-order valence-electron chi connectivity index (χ4n) is 4.90. The van der Waals surface area contributed by atoms with Crippen LogP contribution in [0.4, 0.5) is 0 Å². The minimum Gasteiger partial charge on any atom is -0.358 e. The van der Waals surface area contributed by atoms with Gasteiger partial charge in [-0.05, 0) is 75.4 Å². The highest BCUT2D eigenvalue weighted by Gasteiger charge is 2.33. The summed E-state index contributed by atoms with van der Waals surface area (Å²) in [5, 5.41) is 4.09. The van der Waals surface area contributed by atoms with Crippen molar-refractivity contribution in [3.63, 3.8) is 0 Å². The fourth-order valence-corrected chi connectivity index (χ4v) is 5.13. The van der Waals surface area contributed by atoms with Gasteiger partial charge in [0.1, 0.15) is 0 Å². The molecule has 2 aliphatic heterocycles. The normalized spacial score (nSPS) is 24.6. The quantitative estimate of drug-likeness (QED) is 0.477. The van der Waals surface area contributed by atoms with Gasteiger partial charge in [0.2, 0.25) is 0 Å². The summed E-state index contributed by atoms with van der Waals surface area (Å²) in [4.78, 5) is 9.83. The molecule has 0 bridgehead atoms. The minimum atomic E-state index is 0.0841. The van der Waals surface area contributed by atoms with Crippen LogP contribution in [-0.4, -0.2) is 48.4 Å². The molecule has 5 heteroatoms. The summed E-state index contributed by atoms with van der Waals surface area (Å²) >= 11 is 6.07. The number of hydrogen-bond acceptors (Lipinski definition) is 3. The van der Waals surface area contributed by atoms with Gasteiger partial charge >= 0.3 is 0 Å². The first-order chi connectivity index (χ1) is 14.0.